The molecule has 0 aliphatic carbocycles. The SMILES string of the molecule is CN(CCOc1ccc(C=O)cc1)c1ncnc2c1ncn2C. The zero-order chi connectivity index (χ0) is 16.2. The standard InChI is InChI=1S/C16H17N5O2/c1-20(7-8-23-13-5-3-12(9-22)4-6-13)15-14-16(18-10-17-15)21(2)11-19-14/h3-6,9-11H,7-8H2,1-2H3. The third-order valence-corrected chi connectivity index (χ3v) is 3.55. The number of nitrogens with zero attached hydrogens (tertiary/aromatic N) is 5. The van der Waals surface area contributed by atoms with Crippen molar-refractivity contribution in [2.24, 2.45) is 7.05 Å². The molecule has 0 bridgehead atoms. The average molecular weight is 311 g/mol. The molecule has 0 aliphatic rings. The maximum absolute atomic E-state index is 10.6. The Balaban J connectivity index is 1.64. The quantitative estimate of drug-likeness (QED) is 0.645. The number of hydrogen-bond acceptors (Lipinski definition) is 6. The predicted molar refractivity (Wildman–Crippen MR) is 86.9 cm³/mol. The van der Waals surface area contributed by atoms with Gasteiger partial charge in [0.1, 0.15) is 25.0 Å². The summed E-state index contributed by atoms with van der Waals surface area (Å²) in [6.07, 6.45) is 4.07. The van der Waals surface area contributed by atoms with Crippen LogP contribution in [0, 0.1) is 0 Å². The molecule has 0 saturated heterocycles. The van der Waals surface area contributed by atoms with Gasteiger partial charge in [0.15, 0.2) is 17.0 Å². The number of imidazole rings is 1. The van der Waals surface area contributed by atoms with Gasteiger partial charge in [-0.05, 0) is 24.3 Å². The van der Waals surface area contributed by atoms with E-state index in [1.807, 2.05) is 23.6 Å². The Hall–Kier alpha value is -2.96. The summed E-state index contributed by atoms with van der Waals surface area (Å²) in [6, 6.07) is 7.03. The second-order valence-corrected chi connectivity index (χ2v) is 5.18. The van der Waals surface area contributed by atoms with E-state index in [0.717, 1.165) is 29.0 Å². The van der Waals surface area contributed by atoms with E-state index in [4.69, 9.17) is 4.74 Å². The molecule has 7 nitrogen and oxygen atoms in total. The molecule has 1 aromatic carbocycles. The van der Waals surface area contributed by atoms with E-state index in [1.165, 1.54) is 6.33 Å². The van der Waals surface area contributed by atoms with E-state index in [-0.39, 0.29) is 0 Å². The predicted octanol–water partition coefficient (Wildman–Crippen LogP) is 1.69. The normalized spacial score (nSPS) is 10.7. The van der Waals surface area contributed by atoms with Gasteiger partial charge in [0.2, 0.25) is 0 Å². The Morgan fingerprint density at radius 3 is 2.74 bits per heavy atom. The topological polar surface area (TPSA) is 73.1 Å². The Kier molecular flexibility index (Phi) is 4.18. The van der Waals surface area contributed by atoms with Gasteiger partial charge in [-0.3, -0.25) is 4.79 Å². The molecular weight excluding hydrogens is 294 g/mol. The van der Waals surface area contributed by atoms with E-state index in [0.29, 0.717) is 18.7 Å². The highest BCUT2D eigenvalue weighted by Crippen LogP contribution is 2.19. The molecule has 2 heterocycles. The monoisotopic (exact) mass is 311 g/mol. The molecule has 7 heteroatoms. The number of aryl methyl sites for hydroxylation is 1. The van der Waals surface area contributed by atoms with Gasteiger partial charge in [0.25, 0.3) is 0 Å². The van der Waals surface area contributed by atoms with Crippen LogP contribution in [0.5, 0.6) is 5.75 Å². The highest BCUT2D eigenvalue weighted by atomic mass is 16.5. The maximum Gasteiger partial charge on any atom is 0.165 e. The Labute approximate surface area is 133 Å². The van der Waals surface area contributed by atoms with Crippen LogP contribution < -0.4 is 9.64 Å². The van der Waals surface area contributed by atoms with Crippen molar-refractivity contribution in [3.8, 4) is 5.75 Å². The number of carbonyl (C=O) groups excluding carboxylic acids is 1. The zero-order valence-corrected chi connectivity index (χ0v) is 13.0. The molecule has 23 heavy (non-hydrogen) atoms. The molecule has 0 spiro atoms. The number of carbonyl (C=O) groups is 1. The van der Waals surface area contributed by atoms with Crippen LogP contribution in [0.2, 0.25) is 0 Å². The van der Waals surface area contributed by atoms with Crippen LogP contribution in [0.25, 0.3) is 11.2 Å². The smallest absolute Gasteiger partial charge is 0.165 e. The first-order valence-corrected chi connectivity index (χ1v) is 7.20. The number of benzene rings is 1. The summed E-state index contributed by atoms with van der Waals surface area (Å²) in [5.41, 5.74) is 2.20. The second kappa shape index (κ2) is 6.43. The van der Waals surface area contributed by atoms with Crippen molar-refractivity contribution >= 4 is 23.3 Å². The van der Waals surface area contributed by atoms with Crippen molar-refractivity contribution in [1.29, 1.82) is 0 Å². The minimum atomic E-state index is 0.495. The summed E-state index contributed by atoms with van der Waals surface area (Å²) in [7, 11) is 3.84. The van der Waals surface area contributed by atoms with E-state index in [1.54, 1.807) is 30.6 Å². The molecule has 0 unspecified atom stereocenters. The summed E-state index contributed by atoms with van der Waals surface area (Å²) in [6.45, 7) is 1.15. The van der Waals surface area contributed by atoms with Crippen LogP contribution in [0.4, 0.5) is 5.82 Å². The lowest BCUT2D eigenvalue weighted by atomic mass is 10.2. The third-order valence-electron chi connectivity index (χ3n) is 3.55. The molecule has 0 aliphatic heterocycles. The number of aromatic nitrogens is 4. The van der Waals surface area contributed by atoms with Gasteiger partial charge in [0.05, 0.1) is 12.9 Å². The summed E-state index contributed by atoms with van der Waals surface area (Å²) in [5.74, 6) is 1.50. The number of aldehydes is 1. The fourth-order valence-electron chi connectivity index (χ4n) is 2.26. The Morgan fingerprint density at radius 2 is 2.00 bits per heavy atom. The first-order valence-electron chi connectivity index (χ1n) is 7.20. The van der Waals surface area contributed by atoms with Crippen LogP contribution in [-0.4, -0.2) is 46.0 Å². The lowest BCUT2D eigenvalue weighted by Gasteiger charge is -2.18. The number of rotatable bonds is 6. The molecule has 0 radical (unpaired) electrons. The molecular formula is C16H17N5O2. The number of hydrogen-bond donors (Lipinski definition) is 0. The maximum atomic E-state index is 10.6. The van der Waals surface area contributed by atoms with Gasteiger partial charge < -0.3 is 14.2 Å². The van der Waals surface area contributed by atoms with Gasteiger partial charge in [-0.25, -0.2) is 15.0 Å². The van der Waals surface area contributed by atoms with Gasteiger partial charge in [0, 0.05) is 19.7 Å². The van der Waals surface area contributed by atoms with Gasteiger partial charge in [-0.2, -0.15) is 0 Å². The van der Waals surface area contributed by atoms with Gasteiger partial charge in [-0.1, -0.05) is 0 Å². The van der Waals surface area contributed by atoms with E-state index in [2.05, 4.69) is 15.0 Å². The molecule has 3 rings (SSSR count). The summed E-state index contributed by atoms with van der Waals surface area (Å²) >= 11 is 0. The van der Waals surface area contributed by atoms with Gasteiger partial charge >= 0.3 is 0 Å². The molecule has 0 atom stereocenters. The van der Waals surface area contributed by atoms with Crippen molar-refractivity contribution in [3.05, 3.63) is 42.5 Å². The van der Waals surface area contributed by atoms with Crippen molar-refractivity contribution in [2.45, 2.75) is 0 Å². The van der Waals surface area contributed by atoms with Crippen LogP contribution in [0.1, 0.15) is 10.4 Å². The van der Waals surface area contributed by atoms with Crippen LogP contribution in [0.15, 0.2) is 36.9 Å². The van der Waals surface area contributed by atoms with Crippen molar-refractivity contribution in [3.63, 3.8) is 0 Å². The van der Waals surface area contributed by atoms with E-state index >= 15 is 0 Å². The van der Waals surface area contributed by atoms with E-state index < -0.39 is 0 Å². The molecule has 0 amide bonds. The van der Waals surface area contributed by atoms with Crippen molar-refractivity contribution in [1.82, 2.24) is 19.5 Å². The van der Waals surface area contributed by atoms with Crippen molar-refractivity contribution in [2.75, 3.05) is 25.1 Å². The molecule has 118 valence electrons. The average Bonchev–Trinajstić information content (AvgIpc) is 2.97. The number of anilines is 1. The number of ether oxygens (including phenoxy) is 1. The van der Waals surface area contributed by atoms with Crippen LogP contribution in [-0.2, 0) is 7.05 Å². The Bertz CT molecular complexity index is 813. The second-order valence-electron chi connectivity index (χ2n) is 5.18. The molecule has 0 saturated carbocycles. The molecule has 0 N–H and O–H groups in total. The minimum absolute atomic E-state index is 0.495. The first kappa shape index (κ1) is 15.0. The molecule has 0 fully saturated rings. The summed E-state index contributed by atoms with van der Waals surface area (Å²) < 4.78 is 7.55. The first-order chi connectivity index (χ1) is 11.2. The van der Waals surface area contributed by atoms with Gasteiger partial charge in [-0.15, -0.1) is 0 Å². The van der Waals surface area contributed by atoms with Crippen LogP contribution in [0.3, 0.4) is 0 Å². The number of likely N-dealkylation sites (N-methyl/N-ethyl adjacent to an activating group) is 1. The molecule has 3 aromatic rings. The highest BCUT2D eigenvalue weighted by Gasteiger charge is 2.12. The summed E-state index contributed by atoms with van der Waals surface area (Å²) in [4.78, 5) is 25.5. The van der Waals surface area contributed by atoms with Crippen LogP contribution >= 0.6 is 0 Å². The zero-order valence-electron chi connectivity index (χ0n) is 13.0. The lowest BCUT2D eigenvalue weighted by Crippen LogP contribution is -2.25. The fourth-order valence-corrected chi connectivity index (χ4v) is 2.26. The van der Waals surface area contributed by atoms with E-state index in [9.17, 15) is 4.79 Å². The van der Waals surface area contributed by atoms with Crippen molar-refractivity contribution < 1.29 is 9.53 Å². The Morgan fingerprint density at radius 1 is 1.22 bits per heavy atom. The minimum Gasteiger partial charge on any atom is -0.492 e. The highest BCUT2D eigenvalue weighted by molar-refractivity contribution is 5.83. The third kappa shape index (κ3) is 3.13. The fraction of sp³-hybridized carbons (Fsp3) is 0.250. The lowest BCUT2D eigenvalue weighted by molar-refractivity contribution is 0.112. The largest absolute Gasteiger partial charge is 0.492 e. The molecule has 2 aromatic heterocycles. The summed E-state index contributed by atoms with van der Waals surface area (Å²) in [5, 5.41) is 0. The number of fused-ring (bicyclic) bond motifs is 1.